The molecular formula is C10H13F3N2O2S. The molecule has 0 saturated carbocycles. The van der Waals surface area contributed by atoms with Crippen LogP contribution in [-0.2, 0) is 16.2 Å². The highest BCUT2D eigenvalue weighted by Gasteiger charge is 2.32. The van der Waals surface area contributed by atoms with Gasteiger partial charge in [-0.05, 0) is 30.7 Å². The molecule has 0 saturated heterocycles. The average molecular weight is 282 g/mol. The molecule has 8 heteroatoms. The van der Waals surface area contributed by atoms with E-state index >= 15 is 0 Å². The number of halogens is 3. The van der Waals surface area contributed by atoms with Gasteiger partial charge in [-0.2, -0.15) is 13.2 Å². The van der Waals surface area contributed by atoms with Gasteiger partial charge in [0, 0.05) is 13.1 Å². The van der Waals surface area contributed by atoms with E-state index in [0.29, 0.717) is 6.07 Å². The summed E-state index contributed by atoms with van der Waals surface area (Å²) in [4.78, 5) is -0.414. The number of rotatable bonds is 4. The molecule has 3 N–H and O–H groups in total. The topological polar surface area (TPSA) is 72.2 Å². The predicted molar refractivity (Wildman–Crippen MR) is 60.4 cm³/mol. The summed E-state index contributed by atoms with van der Waals surface area (Å²) in [7, 11) is -3.96. The van der Waals surface area contributed by atoms with Crippen molar-refractivity contribution < 1.29 is 21.6 Å². The van der Waals surface area contributed by atoms with Crippen LogP contribution >= 0.6 is 0 Å². The lowest BCUT2D eigenvalue weighted by Crippen LogP contribution is -2.29. The number of hydrogen-bond acceptors (Lipinski definition) is 3. The standard InChI is InChI=1S/C10H13F3N2O2S/c1-7-4-8(10(11,12)13)6-9(5-7)18(16,17)15-3-2-14/h4-6,15H,2-3,14H2,1H3. The van der Waals surface area contributed by atoms with Gasteiger partial charge in [-0.15, -0.1) is 0 Å². The van der Waals surface area contributed by atoms with E-state index in [1.165, 1.54) is 13.0 Å². The normalized spacial score (nSPS) is 12.7. The predicted octanol–water partition coefficient (Wildman–Crippen LogP) is 1.25. The van der Waals surface area contributed by atoms with Crippen LogP contribution in [0.2, 0.25) is 0 Å². The van der Waals surface area contributed by atoms with Crippen molar-refractivity contribution in [3.8, 4) is 0 Å². The lowest BCUT2D eigenvalue weighted by Gasteiger charge is -2.11. The van der Waals surface area contributed by atoms with Crippen molar-refractivity contribution in [2.45, 2.75) is 18.0 Å². The molecule has 0 spiro atoms. The van der Waals surface area contributed by atoms with E-state index in [2.05, 4.69) is 4.72 Å². The quantitative estimate of drug-likeness (QED) is 0.873. The highest BCUT2D eigenvalue weighted by molar-refractivity contribution is 7.89. The van der Waals surface area contributed by atoms with Gasteiger partial charge in [-0.25, -0.2) is 13.1 Å². The van der Waals surface area contributed by atoms with Gasteiger partial charge < -0.3 is 5.73 Å². The van der Waals surface area contributed by atoms with Crippen LogP contribution in [0.3, 0.4) is 0 Å². The van der Waals surface area contributed by atoms with Crippen molar-refractivity contribution in [3.05, 3.63) is 29.3 Å². The molecule has 0 aliphatic heterocycles. The number of hydrogen-bond donors (Lipinski definition) is 2. The average Bonchev–Trinajstić information content (AvgIpc) is 2.24. The number of nitrogens with one attached hydrogen (secondary N) is 1. The number of aryl methyl sites for hydroxylation is 1. The van der Waals surface area contributed by atoms with E-state index in [0.717, 1.165) is 6.07 Å². The third-order valence-electron chi connectivity index (χ3n) is 2.12. The molecule has 4 nitrogen and oxygen atoms in total. The second-order valence-corrected chi connectivity index (χ2v) is 5.49. The molecule has 0 radical (unpaired) electrons. The van der Waals surface area contributed by atoms with Crippen molar-refractivity contribution in [3.63, 3.8) is 0 Å². The van der Waals surface area contributed by atoms with Crippen LogP contribution in [0.4, 0.5) is 13.2 Å². The fraction of sp³-hybridized carbons (Fsp3) is 0.400. The van der Waals surface area contributed by atoms with E-state index in [-0.39, 0.29) is 18.7 Å². The van der Waals surface area contributed by atoms with Crippen molar-refractivity contribution in [1.82, 2.24) is 4.72 Å². The highest BCUT2D eigenvalue weighted by Crippen LogP contribution is 2.31. The molecule has 18 heavy (non-hydrogen) atoms. The molecule has 1 aromatic rings. The highest BCUT2D eigenvalue weighted by atomic mass is 32.2. The molecule has 0 atom stereocenters. The monoisotopic (exact) mass is 282 g/mol. The fourth-order valence-electron chi connectivity index (χ4n) is 1.34. The molecule has 1 aromatic carbocycles. The lowest BCUT2D eigenvalue weighted by molar-refractivity contribution is -0.137. The number of alkyl halides is 3. The van der Waals surface area contributed by atoms with E-state index < -0.39 is 26.7 Å². The summed E-state index contributed by atoms with van der Waals surface area (Å²) in [5.74, 6) is 0. The molecule has 0 heterocycles. The summed E-state index contributed by atoms with van der Waals surface area (Å²) in [6.07, 6.45) is -4.58. The molecule has 0 unspecified atom stereocenters. The molecule has 0 fully saturated rings. The van der Waals surface area contributed by atoms with Gasteiger partial charge in [0.25, 0.3) is 0 Å². The summed E-state index contributed by atoms with van der Waals surface area (Å²) in [5.41, 5.74) is 4.37. The zero-order chi connectivity index (χ0) is 14.0. The minimum absolute atomic E-state index is 0.0301. The molecule has 1 rings (SSSR count). The molecule has 0 aliphatic carbocycles. The van der Waals surface area contributed by atoms with Crippen LogP contribution in [0.25, 0.3) is 0 Å². The van der Waals surface area contributed by atoms with Gasteiger partial charge in [0.2, 0.25) is 10.0 Å². The van der Waals surface area contributed by atoms with Crippen LogP contribution in [-0.4, -0.2) is 21.5 Å². The van der Waals surface area contributed by atoms with Crippen molar-refractivity contribution in [1.29, 1.82) is 0 Å². The largest absolute Gasteiger partial charge is 0.416 e. The van der Waals surface area contributed by atoms with Gasteiger partial charge in [-0.3, -0.25) is 0 Å². The van der Waals surface area contributed by atoms with E-state index in [1.807, 2.05) is 0 Å². The maximum absolute atomic E-state index is 12.6. The maximum atomic E-state index is 12.6. The SMILES string of the molecule is Cc1cc(C(F)(F)F)cc(S(=O)(=O)NCCN)c1. The van der Waals surface area contributed by atoms with Gasteiger partial charge in [-0.1, -0.05) is 0 Å². The summed E-state index contributed by atoms with van der Waals surface area (Å²) >= 11 is 0. The summed E-state index contributed by atoms with van der Waals surface area (Å²) < 4.78 is 63.1. The second kappa shape index (κ2) is 5.25. The first-order valence-electron chi connectivity index (χ1n) is 5.05. The molecule has 0 aliphatic rings. The molecular weight excluding hydrogens is 269 g/mol. The first-order valence-corrected chi connectivity index (χ1v) is 6.54. The Morgan fingerprint density at radius 3 is 2.39 bits per heavy atom. The van der Waals surface area contributed by atoms with E-state index in [1.54, 1.807) is 0 Å². The van der Waals surface area contributed by atoms with Gasteiger partial charge in [0.05, 0.1) is 10.5 Å². The van der Waals surface area contributed by atoms with E-state index in [9.17, 15) is 21.6 Å². The number of nitrogens with two attached hydrogens (primary N) is 1. The van der Waals surface area contributed by atoms with Crippen LogP contribution < -0.4 is 10.5 Å². The van der Waals surface area contributed by atoms with Crippen LogP contribution in [0.1, 0.15) is 11.1 Å². The summed E-state index contributed by atoms with van der Waals surface area (Å²) in [6, 6.07) is 2.67. The third-order valence-corrected chi connectivity index (χ3v) is 3.57. The fourth-order valence-corrected chi connectivity index (χ4v) is 2.52. The molecule has 102 valence electrons. The zero-order valence-electron chi connectivity index (χ0n) is 9.58. The Bertz CT molecular complexity index is 526. The maximum Gasteiger partial charge on any atom is 0.416 e. The number of benzene rings is 1. The first kappa shape index (κ1) is 14.9. The summed E-state index contributed by atoms with van der Waals surface area (Å²) in [5, 5.41) is 0. The lowest BCUT2D eigenvalue weighted by atomic mass is 10.1. The Hall–Kier alpha value is -1.12. The van der Waals surface area contributed by atoms with Crippen LogP contribution in [0.5, 0.6) is 0 Å². The van der Waals surface area contributed by atoms with Crippen molar-refractivity contribution >= 4 is 10.0 Å². The molecule has 0 aromatic heterocycles. The Kier molecular flexibility index (Phi) is 4.36. The van der Waals surface area contributed by atoms with Crippen molar-refractivity contribution in [2.75, 3.05) is 13.1 Å². The minimum atomic E-state index is -4.58. The van der Waals surface area contributed by atoms with E-state index in [4.69, 9.17) is 5.73 Å². The Balaban J connectivity index is 3.22. The number of sulfonamides is 1. The Morgan fingerprint density at radius 1 is 1.28 bits per heavy atom. The third kappa shape index (κ3) is 3.69. The van der Waals surface area contributed by atoms with Crippen molar-refractivity contribution in [2.24, 2.45) is 5.73 Å². The smallest absolute Gasteiger partial charge is 0.329 e. The van der Waals surface area contributed by atoms with Gasteiger partial charge in [0.15, 0.2) is 0 Å². The Labute approximate surface area is 103 Å². The second-order valence-electron chi connectivity index (χ2n) is 3.72. The minimum Gasteiger partial charge on any atom is -0.329 e. The zero-order valence-corrected chi connectivity index (χ0v) is 10.4. The van der Waals surface area contributed by atoms with Gasteiger partial charge >= 0.3 is 6.18 Å². The molecule has 0 bridgehead atoms. The first-order chi connectivity index (χ1) is 8.16. The Morgan fingerprint density at radius 2 is 1.89 bits per heavy atom. The van der Waals surface area contributed by atoms with Gasteiger partial charge in [0.1, 0.15) is 0 Å². The molecule has 0 amide bonds. The van der Waals surface area contributed by atoms with Crippen LogP contribution in [0, 0.1) is 6.92 Å². The van der Waals surface area contributed by atoms with Crippen LogP contribution in [0.15, 0.2) is 23.1 Å². The summed E-state index contributed by atoms with van der Waals surface area (Å²) in [6.45, 7) is 1.44.